The summed E-state index contributed by atoms with van der Waals surface area (Å²) in [6, 6.07) is 0.390. The van der Waals surface area contributed by atoms with Crippen LogP contribution >= 0.6 is 0 Å². The zero-order chi connectivity index (χ0) is 11.6. The second-order valence-corrected chi connectivity index (χ2v) is 3.20. The van der Waals surface area contributed by atoms with Gasteiger partial charge in [0, 0.05) is 12.1 Å². The van der Waals surface area contributed by atoms with Gasteiger partial charge in [0.15, 0.2) is 5.69 Å². The minimum Gasteiger partial charge on any atom is -0.351 e. The molecule has 15 heavy (non-hydrogen) atoms. The molecule has 84 valence electrons. The van der Waals surface area contributed by atoms with Gasteiger partial charge in [0.2, 0.25) is 5.76 Å². The quantitative estimate of drug-likeness (QED) is 0.830. The van der Waals surface area contributed by atoms with Crippen LogP contribution < -0.4 is 5.32 Å². The summed E-state index contributed by atoms with van der Waals surface area (Å²) in [5.41, 5.74) is -0.379. The standard InChI is InChI=1S/C8H9F3N2O2/c1-4(2)12-7(14)5-3-6(15-13-5)8(9,10)11/h3-4H,1-2H3,(H,12,14). The summed E-state index contributed by atoms with van der Waals surface area (Å²) in [5.74, 6) is -1.97. The number of halogens is 3. The summed E-state index contributed by atoms with van der Waals surface area (Å²) in [5, 5.41) is 5.42. The monoisotopic (exact) mass is 222 g/mol. The molecule has 0 unspecified atom stereocenters. The highest BCUT2D eigenvalue weighted by atomic mass is 19.4. The van der Waals surface area contributed by atoms with Gasteiger partial charge < -0.3 is 9.84 Å². The first-order valence-corrected chi connectivity index (χ1v) is 4.15. The van der Waals surface area contributed by atoms with Crippen molar-refractivity contribution in [3.63, 3.8) is 0 Å². The summed E-state index contributed by atoms with van der Waals surface area (Å²) in [4.78, 5) is 11.2. The minimum atomic E-state index is -4.62. The lowest BCUT2D eigenvalue weighted by atomic mass is 10.3. The number of alkyl halides is 3. The molecular weight excluding hydrogens is 213 g/mol. The number of carbonyl (C=O) groups is 1. The van der Waals surface area contributed by atoms with E-state index in [1.807, 2.05) is 0 Å². The zero-order valence-corrected chi connectivity index (χ0v) is 8.05. The van der Waals surface area contributed by atoms with E-state index >= 15 is 0 Å². The number of nitrogens with zero attached hydrogens (tertiary/aromatic N) is 1. The van der Waals surface area contributed by atoms with Gasteiger partial charge in [0.25, 0.3) is 5.91 Å². The number of carbonyl (C=O) groups excluding carboxylic acids is 1. The van der Waals surface area contributed by atoms with Gasteiger partial charge in [0.1, 0.15) is 0 Å². The first-order chi connectivity index (χ1) is 6.80. The molecule has 1 N–H and O–H groups in total. The smallest absolute Gasteiger partial charge is 0.351 e. The Balaban J connectivity index is 2.81. The molecule has 0 aliphatic heterocycles. The number of nitrogens with one attached hydrogen (secondary N) is 1. The van der Waals surface area contributed by atoms with Crippen molar-refractivity contribution in [3.8, 4) is 0 Å². The van der Waals surface area contributed by atoms with Crippen molar-refractivity contribution in [1.29, 1.82) is 0 Å². The van der Waals surface area contributed by atoms with Crippen molar-refractivity contribution >= 4 is 5.91 Å². The van der Waals surface area contributed by atoms with E-state index in [1.54, 1.807) is 13.8 Å². The van der Waals surface area contributed by atoms with Gasteiger partial charge in [0.05, 0.1) is 0 Å². The molecule has 0 atom stereocenters. The summed E-state index contributed by atoms with van der Waals surface area (Å²) in [6.07, 6.45) is -4.62. The fourth-order valence-corrected chi connectivity index (χ4v) is 0.852. The van der Waals surface area contributed by atoms with Crippen LogP contribution in [0.1, 0.15) is 30.1 Å². The lowest BCUT2D eigenvalue weighted by Gasteiger charge is -2.04. The van der Waals surface area contributed by atoms with Crippen LogP contribution in [0.5, 0.6) is 0 Å². The van der Waals surface area contributed by atoms with Crippen LogP contribution in [0.3, 0.4) is 0 Å². The summed E-state index contributed by atoms with van der Waals surface area (Å²) >= 11 is 0. The third-order valence-electron chi connectivity index (χ3n) is 1.44. The molecule has 7 heteroatoms. The molecular formula is C8H9F3N2O2. The van der Waals surface area contributed by atoms with E-state index in [0.29, 0.717) is 6.07 Å². The van der Waals surface area contributed by atoms with Gasteiger partial charge >= 0.3 is 6.18 Å². The van der Waals surface area contributed by atoms with Crippen molar-refractivity contribution in [2.24, 2.45) is 0 Å². The zero-order valence-electron chi connectivity index (χ0n) is 8.05. The molecule has 1 amide bonds. The Morgan fingerprint density at radius 1 is 1.53 bits per heavy atom. The van der Waals surface area contributed by atoms with Crippen molar-refractivity contribution in [3.05, 3.63) is 17.5 Å². The van der Waals surface area contributed by atoms with Crippen LogP contribution in [0.25, 0.3) is 0 Å². The van der Waals surface area contributed by atoms with Gasteiger partial charge in [-0.25, -0.2) is 0 Å². The molecule has 4 nitrogen and oxygen atoms in total. The van der Waals surface area contributed by atoms with E-state index in [9.17, 15) is 18.0 Å². The molecule has 1 aromatic heterocycles. The van der Waals surface area contributed by atoms with Gasteiger partial charge in [-0.2, -0.15) is 13.2 Å². The number of aromatic nitrogens is 1. The maximum Gasteiger partial charge on any atom is 0.452 e. The number of amides is 1. The van der Waals surface area contributed by atoms with Crippen molar-refractivity contribution in [2.45, 2.75) is 26.1 Å². The Morgan fingerprint density at radius 3 is 2.53 bits per heavy atom. The van der Waals surface area contributed by atoms with E-state index in [4.69, 9.17) is 0 Å². The highest BCUT2D eigenvalue weighted by Crippen LogP contribution is 2.29. The third-order valence-corrected chi connectivity index (χ3v) is 1.44. The van der Waals surface area contributed by atoms with Crippen LogP contribution in [-0.2, 0) is 6.18 Å². The molecule has 1 aromatic rings. The van der Waals surface area contributed by atoms with Crippen molar-refractivity contribution in [2.75, 3.05) is 0 Å². The van der Waals surface area contributed by atoms with Crippen LogP contribution in [0.15, 0.2) is 10.6 Å². The average Bonchev–Trinajstić information content (AvgIpc) is 2.48. The number of hydrogen-bond acceptors (Lipinski definition) is 3. The molecule has 0 saturated carbocycles. The molecule has 0 spiro atoms. The van der Waals surface area contributed by atoms with E-state index in [0.717, 1.165) is 0 Å². The fourth-order valence-electron chi connectivity index (χ4n) is 0.852. The predicted octanol–water partition coefficient (Wildman–Crippen LogP) is 1.83. The Morgan fingerprint density at radius 2 is 2.13 bits per heavy atom. The number of rotatable bonds is 2. The number of hydrogen-bond donors (Lipinski definition) is 1. The first-order valence-electron chi connectivity index (χ1n) is 4.15. The van der Waals surface area contributed by atoms with E-state index in [2.05, 4.69) is 15.0 Å². The minimum absolute atomic E-state index is 0.177. The average molecular weight is 222 g/mol. The van der Waals surface area contributed by atoms with E-state index < -0.39 is 17.8 Å². The topological polar surface area (TPSA) is 55.1 Å². The molecule has 0 saturated heterocycles. The lowest BCUT2D eigenvalue weighted by Crippen LogP contribution is -2.30. The van der Waals surface area contributed by atoms with Crippen LogP contribution in [0.2, 0.25) is 0 Å². The Bertz CT molecular complexity index is 357. The Hall–Kier alpha value is -1.53. The SMILES string of the molecule is CC(C)NC(=O)c1cc(C(F)(F)F)on1. The van der Waals surface area contributed by atoms with Gasteiger partial charge in [-0.15, -0.1) is 0 Å². The highest BCUT2D eigenvalue weighted by molar-refractivity contribution is 5.92. The third kappa shape index (κ3) is 2.97. The lowest BCUT2D eigenvalue weighted by molar-refractivity contribution is -0.155. The van der Waals surface area contributed by atoms with Crippen LogP contribution in [0, 0.1) is 0 Å². The maximum absolute atomic E-state index is 12.1. The first kappa shape index (κ1) is 11.5. The second kappa shape index (κ2) is 3.92. The molecule has 0 bridgehead atoms. The van der Waals surface area contributed by atoms with Crippen molar-refractivity contribution in [1.82, 2.24) is 10.5 Å². The second-order valence-electron chi connectivity index (χ2n) is 3.20. The van der Waals surface area contributed by atoms with Gasteiger partial charge in [-0.3, -0.25) is 4.79 Å². The predicted molar refractivity (Wildman–Crippen MR) is 44.1 cm³/mol. The molecule has 0 aromatic carbocycles. The normalized spacial score (nSPS) is 11.9. The van der Waals surface area contributed by atoms with Crippen molar-refractivity contribution < 1.29 is 22.5 Å². The van der Waals surface area contributed by atoms with Gasteiger partial charge in [-0.1, -0.05) is 5.16 Å². The Labute approximate surface area is 83.4 Å². The van der Waals surface area contributed by atoms with E-state index in [-0.39, 0.29) is 11.7 Å². The highest BCUT2D eigenvalue weighted by Gasteiger charge is 2.36. The molecule has 0 radical (unpaired) electrons. The Kier molecular flexibility index (Phi) is 3.01. The molecule has 1 rings (SSSR count). The summed E-state index contributed by atoms with van der Waals surface area (Å²) in [6.45, 7) is 3.37. The molecule has 0 aliphatic rings. The fraction of sp³-hybridized carbons (Fsp3) is 0.500. The van der Waals surface area contributed by atoms with Gasteiger partial charge in [-0.05, 0) is 13.8 Å². The molecule has 0 aliphatic carbocycles. The van der Waals surface area contributed by atoms with Crippen LogP contribution in [-0.4, -0.2) is 17.1 Å². The van der Waals surface area contributed by atoms with E-state index in [1.165, 1.54) is 0 Å². The summed E-state index contributed by atoms with van der Waals surface area (Å²) in [7, 11) is 0. The molecule has 0 fully saturated rings. The molecule has 1 heterocycles. The van der Waals surface area contributed by atoms with Crippen LogP contribution in [0.4, 0.5) is 13.2 Å². The largest absolute Gasteiger partial charge is 0.452 e. The maximum atomic E-state index is 12.1. The summed E-state index contributed by atoms with van der Waals surface area (Å²) < 4.78 is 40.2.